The van der Waals surface area contributed by atoms with Crippen molar-refractivity contribution in [2.75, 3.05) is 19.8 Å². The molecular weight excluding hydrogens is 354 g/mol. The zero-order valence-electron chi connectivity index (χ0n) is 14.8. The highest BCUT2D eigenvalue weighted by atomic mass is 35.5. The minimum Gasteiger partial charge on any atom is -0.486 e. The second kappa shape index (κ2) is 8.32. The van der Waals surface area contributed by atoms with Gasteiger partial charge in [0.2, 0.25) is 0 Å². The molecule has 1 N–H and O–H groups in total. The third kappa shape index (κ3) is 4.61. The fraction of sp³-hybridized carbons (Fsp3) is 0.350. The Bertz CT molecular complexity index is 761. The highest BCUT2D eigenvalue weighted by Gasteiger charge is 2.21. The molecule has 0 radical (unpaired) electrons. The molecule has 0 unspecified atom stereocenters. The van der Waals surface area contributed by atoms with Crippen LogP contribution in [0.15, 0.2) is 42.5 Å². The summed E-state index contributed by atoms with van der Waals surface area (Å²) in [5.74, 6) is 2.07. The lowest BCUT2D eigenvalue weighted by molar-refractivity contribution is -0.124. The number of ether oxygens (including phenoxy) is 3. The Balaban J connectivity index is 1.64. The Morgan fingerprint density at radius 3 is 2.50 bits per heavy atom. The van der Waals surface area contributed by atoms with E-state index in [9.17, 15) is 4.79 Å². The van der Waals surface area contributed by atoms with Crippen LogP contribution in [-0.2, 0) is 4.79 Å². The standard InChI is InChI=1S/C20H22ClNO4/c1-13(2)20(14-3-8-17-18(11-14)25-10-9-24-17)22-19(23)12-26-16-6-4-15(21)5-7-16/h3-8,11,13,20H,9-10,12H2,1-2H3,(H,22,23)/t20-/m0/s1. The molecular formula is C20H22ClNO4. The summed E-state index contributed by atoms with van der Waals surface area (Å²) >= 11 is 5.84. The molecule has 0 aliphatic carbocycles. The number of hydrogen-bond donors (Lipinski definition) is 1. The van der Waals surface area contributed by atoms with Gasteiger partial charge in [-0.05, 0) is 47.9 Å². The molecule has 3 rings (SSSR count). The number of rotatable bonds is 6. The molecule has 2 aromatic rings. The van der Waals surface area contributed by atoms with Gasteiger partial charge in [0, 0.05) is 5.02 Å². The minimum absolute atomic E-state index is 0.0601. The Kier molecular flexibility index (Phi) is 5.89. The molecule has 1 amide bonds. The van der Waals surface area contributed by atoms with Crippen LogP contribution in [0, 0.1) is 5.92 Å². The van der Waals surface area contributed by atoms with Crippen molar-refractivity contribution >= 4 is 17.5 Å². The van der Waals surface area contributed by atoms with Crippen LogP contribution in [0.1, 0.15) is 25.5 Å². The molecule has 5 nitrogen and oxygen atoms in total. The molecule has 0 bridgehead atoms. The molecule has 138 valence electrons. The normalized spacial score (nSPS) is 14.0. The smallest absolute Gasteiger partial charge is 0.258 e. The van der Waals surface area contributed by atoms with Crippen LogP contribution in [0.2, 0.25) is 5.02 Å². The van der Waals surface area contributed by atoms with Crippen LogP contribution in [0.3, 0.4) is 0 Å². The van der Waals surface area contributed by atoms with Gasteiger partial charge in [0.15, 0.2) is 18.1 Å². The summed E-state index contributed by atoms with van der Waals surface area (Å²) in [5, 5.41) is 3.66. The predicted molar refractivity (Wildman–Crippen MR) is 100 cm³/mol. The molecule has 1 aliphatic heterocycles. The summed E-state index contributed by atoms with van der Waals surface area (Å²) < 4.78 is 16.7. The van der Waals surface area contributed by atoms with Gasteiger partial charge in [-0.1, -0.05) is 31.5 Å². The molecule has 0 fully saturated rings. The van der Waals surface area contributed by atoms with Crippen molar-refractivity contribution in [1.82, 2.24) is 5.32 Å². The molecule has 1 heterocycles. The Hall–Kier alpha value is -2.40. The second-order valence-corrected chi connectivity index (χ2v) is 6.87. The summed E-state index contributed by atoms with van der Waals surface area (Å²) in [7, 11) is 0. The lowest BCUT2D eigenvalue weighted by Crippen LogP contribution is -2.35. The van der Waals surface area contributed by atoms with Gasteiger partial charge < -0.3 is 19.5 Å². The molecule has 6 heteroatoms. The van der Waals surface area contributed by atoms with Crippen LogP contribution < -0.4 is 19.5 Å². The molecule has 2 aromatic carbocycles. The first-order chi connectivity index (χ1) is 12.5. The fourth-order valence-corrected chi connectivity index (χ4v) is 2.91. The SMILES string of the molecule is CC(C)[C@H](NC(=O)COc1ccc(Cl)cc1)c1ccc2c(c1)OCCO2. The largest absolute Gasteiger partial charge is 0.486 e. The lowest BCUT2D eigenvalue weighted by atomic mass is 9.95. The predicted octanol–water partition coefficient (Wildman–Crippen LogP) is 4.00. The van der Waals surface area contributed by atoms with Crippen LogP contribution in [-0.4, -0.2) is 25.7 Å². The Morgan fingerprint density at radius 2 is 1.81 bits per heavy atom. The number of benzene rings is 2. The van der Waals surface area contributed by atoms with Crippen molar-refractivity contribution in [3.8, 4) is 17.2 Å². The average molecular weight is 376 g/mol. The van der Waals surface area contributed by atoms with Crippen molar-refractivity contribution in [1.29, 1.82) is 0 Å². The summed E-state index contributed by atoms with van der Waals surface area (Å²) in [6.45, 7) is 5.14. The second-order valence-electron chi connectivity index (χ2n) is 6.43. The Morgan fingerprint density at radius 1 is 1.12 bits per heavy atom. The van der Waals surface area contributed by atoms with E-state index < -0.39 is 0 Å². The van der Waals surface area contributed by atoms with E-state index >= 15 is 0 Å². The van der Waals surface area contributed by atoms with Crippen LogP contribution in [0.5, 0.6) is 17.2 Å². The highest BCUT2D eigenvalue weighted by molar-refractivity contribution is 6.30. The summed E-state index contributed by atoms with van der Waals surface area (Å²) in [4.78, 5) is 12.3. The van der Waals surface area contributed by atoms with Gasteiger partial charge in [0.1, 0.15) is 19.0 Å². The first-order valence-electron chi connectivity index (χ1n) is 8.60. The molecule has 0 saturated heterocycles. The third-order valence-corrected chi connectivity index (χ3v) is 4.34. The highest BCUT2D eigenvalue weighted by Crippen LogP contribution is 2.34. The van der Waals surface area contributed by atoms with Gasteiger partial charge in [-0.2, -0.15) is 0 Å². The summed E-state index contributed by atoms with van der Waals surface area (Å²) in [5.41, 5.74) is 0.976. The summed E-state index contributed by atoms with van der Waals surface area (Å²) in [6.07, 6.45) is 0. The number of carbonyl (C=O) groups excluding carboxylic acids is 1. The molecule has 1 atom stereocenters. The van der Waals surface area contributed by atoms with E-state index in [1.54, 1.807) is 24.3 Å². The van der Waals surface area contributed by atoms with E-state index in [-0.39, 0.29) is 24.5 Å². The van der Waals surface area contributed by atoms with E-state index in [0.29, 0.717) is 29.7 Å². The first kappa shape index (κ1) is 18.4. The van der Waals surface area contributed by atoms with Gasteiger partial charge in [-0.3, -0.25) is 4.79 Å². The van der Waals surface area contributed by atoms with E-state index in [0.717, 1.165) is 11.3 Å². The molecule has 26 heavy (non-hydrogen) atoms. The molecule has 0 aromatic heterocycles. The number of fused-ring (bicyclic) bond motifs is 1. The number of halogens is 1. The van der Waals surface area contributed by atoms with E-state index in [1.165, 1.54) is 0 Å². The van der Waals surface area contributed by atoms with Gasteiger partial charge >= 0.3 is 0 Å². The molecule has 0 saturated carbocycles. The Labute approximate surface area is 158 Å². The summed E-state index contributed by atoms with van der Waals surface area (Å²) in [6, 6.07) is 12.5. The first-order valence-corrected chi connectivity index (χ1v) is 8.98. The van der Waals surface area contributed by atoms with Crippen molar-refractivity contribution in [2.45, 2.75) is 19.9 Å². The van der Waals surface area contributed by atoms with Crippen LogP contribution in [0.25, 0.3) is 0 Å². The molecule has 1 aliphatic rings. The molecule has 0 spiro atoms. The monoisotopic (exact) mass is 375 g/mol. The maximum Gasteiger partial charge on any atom is 0.258 e. The van der Waals surface area contributed by atoms with Crippen molar-refractivity contribution in [2.24, 2.45) is 5.92 Å². The lowest BCUT2D eigenvalue weighted by Gasteiger charge is -2.25. The number of hydrogen-bond acceptors (Lipinski definition) is 4. The van der Waals surface area contributed by atoms with Gasteiger partial charge in [0.05, 0.1) is 6.04 Å². The zero-order valence-corrected chi connectivity index (χ0v) is 15.6. The van der Waals surface area contributed by atoms with Crippen molar-refractivity contribution in [3.05, 3.63) is 53.1 Å². The third-order valence-electron chi connectivity index (χ3n) is 4.09. The maximum absolute atomic E-state index is 12.3. The van der Waals surface area contributed by atoms with Crippen LogP contribution in [0.4, 0.5) is 0 Å². The van der Waals surface area contributed by atoms with Crippen molar-refractivity contribution in [3.63, 3.8) is 0 Å². The quantitative estimate of drug-likeness (QED) is 0.829. The van der Waals surface area contributed by atoms with Gasteiger partial charge in [-0.25, -0.2) is 0 Å². The van der Waals surface area contributed by atoms with Crippen LogP contribution >= 0.6 is 11.6 Å². The maximum atomic E-state index is 12.3. The number of amides is 1. The topological polar surface area (TPSA) is 56.8 Å². The van der Waals surface area contributed by atoms with E-state index in [4.69, 9.17) is 25.8 Å². The van der Waals surface area contributed by atoms with E-state index in [2.05, 4.69) is 19.2 Å². The van der Waals surface area contributed by atoms with Crippen molar-refractivity contribution < 1.29 is 19.0 Å². The number of nitrogens with one attached hydrogen (secondary N) is 1. The fourth-order valence-electron chi connectivity index (χ4n) is 2.78. The zero-order chi connectivity index (χ0) is 18.5. The van der Waals surface area contributed by atoms with Gasteiger partial charge in [-0.15, -0.1) is 0 Å². The number of carbonyl (C=O) groups is 1. The van der Waals surface area contributed by atoms with Gasteiger partial charge in [0.25, 0.3) is 5.91 Å². The minimum atomic E-state index is -0.187. The average Bonchev–Trinajstić information content (AvgIpc) is 2.65. The van der Waals surface area contributed by atoms with E-state index in [1.807, 2.05) is 18.2 Å².